The molecule has 0 radical (unpaired) electrons. The molecule has 2 atom stereocenters. The second kappa shape index (κ2) is 10.7. The average molecular weight is 659 g/mol. The largest absolute Gasteiger partial charge is 0.372 e. The summed E-state index contributed by atoms with van der Waals surface area (Å²) in [5.41, 5.74) is 15.4. The van der Waals surface area contributed by atoms with Crippen LogP contribution in [0.3, 0.4) is 0 Å². The van der Waals surface area contributed by atoms with Gasteiger partial charge in [0.2, 0.25) is 0 Å². The van der Waals surface area contributed by atoms with Crippen molar-refractivity contribution in [3.8, 4) is 33.5 Å². The maximum Gasteiger partial charge on any atom is 0.131 e. The van der Waals surface area contributed by atoms with Crippen LogP contribution in [-0.2, 0) is 0 Å². The molecular formula is C45H30N4S. The van der Waals surface area contributed by atoms with Gasteiger partial charge in [-0.1, -0.05) is 127 Å². The van der Waals surface area contributed by atoms with E-state index in [0.29, 0.717) is 0 Å². The fourth-order valence-electron chi connectivity index (χ4n) is 8.00. The average Bonchev–Trinajstić information content (AvgIpc) is 3.77. The quantitative estimate of drug-likeness (QED) is 0.198. The third-order valence-electron chi connectivity index (χ3n) is 10.5. The Kier molecular flexibility index (Phi) is 5.92. The normalized spacial score (nSPS) is 16.6. The minimum atomic E-state index is 0.0529. The summed E-state index contributed by atoms with van der Waals surface area (Å²) in [5, 5.41) is 11.4. The van der Waals surface area contributed by atoms with E-state index in [1.54, 1.807) is 0 Å². The van der Waals surface area contributed by atoms with Gasteiger partial charge < -0.3 is 15.5 Å². The smallest absolute Gasteiger partial charge is 0.131 e. The highest BCUT2D eigenvalue weighted by atomic mass is 32.1. The van der Waals surface area contributed by atoms with Crippen molar-refractivity contribution in [1.29, 1.82) is 0 Å². The Labute approximate surface area is 294 Å². The first kappa shape index (κ1) is 27.7. The lowest BCUT2D eigenvalue weighted by Gasteiger charge is -2.33. The molecular weight excluding hydrogens is 629 g/mol. The van der Waals surface area contributed by atoms with Crippen LogP contribution in [0.2, 0.25) is 0 Å². The number of aromatic nitrogens is 1. The van der Waals surface area contributed by atoms with Crippen molar-refractivity contribution in [3.63, 3.8) is 0 Å². The predicted molar refractivity (Wildman–Crippen MR) is 210 cm³/mol. The molecule has 0 spiro atoms. The van der Waals surface area contributed by atoms with E-state index in [0.717, 1.165) is 33.4 Å². The highest BCUT2D eigenvalue weighted by Gasteiger charge is 2.39. The van der Waals surface area contributed by atoms with Crippen LogP contribution in [0, 0.1) is 0 Å². The summed E-state index contributed by atoms with van der Waals surface area (Å²) in [6.45, 7) is 0. The molecule has 0 saturated carbocycles. The molecule has 11 rings (SSSR count). The van der Waals surface area contributed by atoms with Crippen LogP contribution in [0.4, 0.5) is 22.1 Å². The van der Waals surface area contributed by atoms with Crippen LogP contribution < -0.4 is 15.5 Å². The number of para-hydroxylation sites is 2. The molecule has 5 heteroatoms. The number of nitrogens with one attached hydrogen (secondary N) is 2. The zero-order valence-electron chi connectivity index (χ0n) is 27.0. The van der Waals surface area contributed by atoms with E-state index in [9.17, 15) is 0 Å². The van der Waals surface area contributed by atoms with Gasteiger partial charge in [-0.25, -0.2) is 4.98 Å². The summed E-state index contributed by atoms with van der Waals surface area (Å²) in [6, 6.07) is 52.6. The molecule has 2 unspecified atom stereocenters. The van der Waals surface area contributed by atoms with Crippen molar-refractivity contribution < 1.29 is 0 Å². The topological polar surface area (TPSA) is 40.2 Å². The third kappa shape index (κ3) is 4.14. The molecule has 236 valence electrons. The van der Waals surface area contributed by atoms with E-state index in [2.05, 4.69) is 167 Å². The highest BCUT2D eigenvalue weighted by molar-refractivity contribution is 7.23. The number of thiophene rings is 1. The molecule has 3 aliphatic heterocycles. The summed E-state index contributed by atoms with van der Waals surface area (Å²) >= 11 is 1.89. The Bertz CT molecular complexity index is 2670. The van der Waals surface area contributed by atoms with Gasteiger partial charge in [-0.3, -0.25) is 0 Å². The second-order valence-electron chi connectivity index (χ2n) is 13.3. The summed E-state index contributed by atoms with van der Waals surface area (Å²) < 4.78 is 1.31. The zero-order chi connectivity index (χ0) is 32.8. The Balaban J connectivity index is 0.943. The predicted octanol–water partition coefficient (Wildman–Crippen LogP) is 12.2. The number of rotatable bonds is 3. The molecule has 0 aliphatic carbocycles. The van der Waals surface area contributed by atoms with Gasteiger partial charge in [0, 0.05) is 32.2 Å². The molecule has 0 amide bonds. The molecule has 8 aromatic rings. The molecule has 4 nitrogen and oxygen atoms in total. The maximum atomic E-state index is 5.13. The molecule has 0 fully saturated rings. The minimum absolute atomic E-state index is 0.0529. The maximum absolute atomic E-state index is 5.13. The highest BCUT2D eigenvalue weighted by Crippen LogP contribution is 2.59. The van der Waals surface area contributed by atoms with Crippen LogP contribution in [0.1, 0.15) is 28.9 Å². The van der Waals surface area contributed by atoms with Crippen LogP contribution in [-0.4, -0.2) is 4.98 Å². The summed E-state index contributed by atoms with van der Waals surface area (Å²) in [6.07, 6.45) is 4.58. The van der Waals surface area contributed by atoms with Gasteiger partial charge in [-0.05, 0) is 58.1 Å². The fourth-order valence-corrected chi connectivity index (χ4v) is 9.24. The van der Waals surface area contributed by atoms with Crippen LogP contribution >= 0.6 is 11.3 Å². The lowest BCUT2D eigenvalue weighted by molar-refractivity contribution is 0.827. The second-order valence-corrected chi connectivity index (χ2v) is 14.3. The number of hydrogen-bond acceptors (Lipinski definition) is 5. The van der Waals surface area contributed by atoms with E-state index < -0.39 is 0 Å². The van der Waals surface area contributed by atoms with Gasteiger partial charge in [0.15, 0.2) is 0 Å². The van der Waals surface area contributed by atoms with Gasteiger partial charge in [-0.2, -0.15) is 0 Å². The van der Waals surface area contributed by atoms with Crippen LogP contribution in [0.15, 0.2) is 152 Å². The van der Waals surface area contributed by atoms with Crippen LogP contribution in [0.25, 0.3) is 60.6 Å². The number of anilines is 4. The standard InChI is InChI=1S/C45H30N4S/c1-2-8-28(9-3-1)36-23-20-30-18-19-31-21-24-37(47-43(31)42(30)46-36)29-16-14-27(15-17-29)32-22-25-40-35(26-32)41-33-10-4-5-11-34(33)44-48-38-12-6-7-13-39(38)49(44)45(41)50-40/h1-26,37,44,47-48H. The number of benzene rings is 6. The molecule has 3 aliphatic rings. The Morgan fingerprint density at radius 3 is 2.38 bits per heavy atom. The van der Waals surface area contributed by atoms with Crippen molar-refractivity contribution in [2.24, 2.45) is 0 Å². The molecule has 6 aromatic carbocycles. The fraction of sp³-hybridized carbons (Fsp3) is 0.0444. The number of nitrogens with zero attached hydrogens (tertiary/aromatic N) is 2. The van der Waals surface area contributed by atoms with Crippen molar-refractivity contribution in [1.82, 2.24) is 4.98 Å². The van der Waals surface area contributed by atoms with Crippen LogP contribution in [0.5, 0.6) is 0 Å². The zero-order valence-corrected chi connectivity index (χ0v) is 27.8. The molecule has 0 saturated heterocycles. The van der Waals surface area contributed by atoms with Crippen molar-refractivity contribution in [2.45, 2.75) is 12.2 Å². The van der Waals surface area contributed by atoms with Gasteiger partial charge in [0.25, 0.3) is 0 Å². The molecule has 5 heterocycles. The number of hydrogen-bond donors (Lipinski definition) is 2. The monoisotopic (exact) mass is 658 g/mol. The lowest BCUT2D eigenvalue weighted by Crippen LogP contribution is -2.26. The summed E-state index contributed by atoms with van der Waals surface area (Å²) in [4.78, 5) is 7.63. The molecule has 2 aromatic heterocycles. The first-order chi connectivity index (χ1) is 24.8. The van der Waals surface area contributed by atoms with Gasteiger partial charge >= 0.3 is 0 Å². The summed E-state index contributed by atoms with van der Waals surface area (Å²) in [5.74, 6) is 0. The summed E-state index contributed by atoms with van der Waals surface area (Å²) in [7, 11) is 0. The van der Waals surface area contributed by atoms with Gasteiger partial charge in [-0.15, -0.1) is 11.3 Å². The lowest BCUT2D eigenvalue weighted by atomic mass is 9.91. The van der Waals surface area contributed by atoms with E-state index in [-0.39, 0.29) is 12.2 Å². The first-order valence-corrected chi connectivity index (χ1v) is 17.9. The van der Waals surface area contributed by atoms with E-state index in [4.69, 9.17) is 4.98 Å². The van der Waals surface area contributed by atoms with E-state index in [1.807, 2.05) is 17.4 Å². The van der Waals surface area contributed by atoms with Crippen molar-refractivity contribution in [2.75, 3.05) is 15.5 Å². The first-order valence-electron chi connectivity index (χ1n) is 17.1. The Hall–Kier alpha value is -6.17. The van der Waals surface area contributed by atoms with Gasteiger partial charge in [0.1, 0.15) is 11.2 Å². The third-order valence-corrected chi connectivity index (χ3v) is 11.6. The van der Waals surface area contributed by atoms with E-state index >= 15 is 0 Å². The van der Waals surface area contributed by atoms with Crippen molar-refractivity contribution >= 4 is 60.5 Å². The minimum Gasteiger partial charge on any atom is -0.372 e. The van der Waals surface area contributed by atoms with Gasteiger partial charge in [0.05, 0.1) is 34.3 Å². The molecule has 2 N–H and O–H groups in total. The Morgan fingerprint density at radius 2 is 1.46 bits per heavy atom. The number of pyridine rings is 1. The molecule has 0 bridgehead atoms. The van der Waals surface area contributed by atoms with Crippen molar-refractivity contribution in [3.05, 3.63) is 168 Å². The number of fused-ring (bicyclic) bond motifs is 13. The van der Waals surface area contributed by atoms with E-state index in [1.165, 1.54) is 59.8 Å². The molecule has 50 heavy (non-hydrogen) atoms. The SMILES string of the molecule is C1=CC(c2ccc(-c3ccc4sc5c(c4c3)-c3ccccc3C3Nc4ccccc4N53)cc2)Nc2c1ccc1ccc(-c3ccccc3)nc21. The Morgan fingerprint density at radius 1 is 0.660 bits per heavy atom.